The van der Waals surface area contributed by atoms with Crippen molar-refractivity contribution in [2.24, 2.45) is 0 Å². The molecule has 0 aliphatic heterocycles. The van der Waals surface area contributed by atoms with Crippen LogP contribution in [0.5, 0.6) is 0 Å². The van der Waals surface area contributed by atoms with Gasteiger partial charge in [-0.2, -0.15) is 4.68 Å². The summed E-state index contributed by atoms with van der Waals surface area (Å²) in [4.78, 5) is 19.3. The van der Waals surface area contributed by atoms with Gasteiger partial charge in [0.15, 0.2) is 0 Å². The normalized spacial score (nSPS) is 10.9. The number of nitrogens with zero attached hydrogens (tertiary/aromatic N) is 6. The fourth-order valence-corrected chi connectivity index (χ4v) is 2.87. The van der Waals surface area contributed by atoms with Crippen LogP contribution in [-0.4, -0.2) is 29.9 Å². The van der Waals surface area contributed by atoms with E-state index in [0.717, 1.165) is 5.56 Å². The molecule has 2 heterocycles. The van der Waals surface area contributed by atoms with Crippen molar-refractivity contribution >= 4 is 34.1 Å². The van der Waals surface area contributed by atoms with Gasteiger partial charge in [0.05, 0.1) is 10.4 Å². The van der Waals surface area contributed by atoms with Crippen molar-refractivity contribution in [2.45, 2.75) is 6.54 Å². The number of benzene rings is 2. The molecule has 0 aliphatic rings. The lowest BCUT2D eigenvalue weighted by molar-refractivity contribution is -0.384. The summed E-state index contributed by atoms with van der Waals surface area (Å²) in [6.45, 7) is 0.273. The van der Waals surface area contributed by atoms with Crippen LogP contribution in [0.2, 0.25) is 5.02 Å². The lowest BCUT2D eigenvalue weighted by atomic mass is 10.2. The van der Waals surface area contributed by atoms with Crippen LogP contribution in [0.1, 0.15) is 5.56 Å². The van der Waals surface area contributed by atoms with Gasteiger partial charge in [-0.3, -0.25) is 10.1 Å². The second kappa shape index (κ2) is 6.96. The standard InChI is InChI=1S/C17H12ClN7O2/c18-12-6-2-1-5-11(12)9-19-16-15(25(26)27)17(21-10-20-16)24-14-8-4-3-7-13(14)22-23-24/h1-8,10H,9H2,(H,19,20,21). The smallest absolute Gasteiger partial charge is 0.355 e. The molecule has 0 saturated carbocycles. The molecule has 10 heteroatoms. The highest BCUT2D eigenvalue weighted by Gasteiger charge is 2.26. The van der Waals surface area contributed by atoms with Gasteiger partial charge in [0.25, 0.3) is 0 Å². The Hall–Kier alpha value is -3.59. The van der Waals surface area contributed by atoms with Gasteiger partial charge in [-0.15, -0.1) is 5.10 Å². The van der Waals surface area contributed by atoms with Crippen LogP contribution in [0.15, 0.2) is 54.9 Å². The minimum absolute atomic E-state index is 0.0327. The first-order valence-corrected chi connectivity index (χ1v) is 8.30. The number of para-hydroxylation sites is 1. The Morgan fingerprint density at radius 3 is 2.70 bits per heavy atom. The molecule has 4 aromatic rings. The first-order chi connectivity index (χ1) is 13.1. The molecule has 2 aromatic heterocycles. The summed E-state index contributed by atoms with van der Waals surface area (Å²) >= 11 is 6.14. The quantitative estimate of drug-likeness (QED) is 0.416. The minimum atomic E-state index is -0.541. The largest absolute Gasteiger partial charge is 0.360 e. The van der Waals surface area contributed by atoms with Crippen LogP contribution in [0, 0.1) is 10.1 Å². The molecule has 27 heavy (non-hydrogen) atoms. The van der Waals surface area contributed by atoms with E-state index >= 15 is 0 Å². The van der Waals surface area contributed by atoms with E-state index < -0.39 is 4.92 Å². The van der Waals surface area contributed by atoms with E-state index in [9.17, 15) is 10.1 Å². The average Bonchev–Trinajstić information content (AvgIpc) is 3.11. The molecule has 0 amide bonds. The second-order valence-corrected chi connectivity index (χ2v) is 5.99. The summed E-state index contributed by atoms with van der Waals surface area (Å²) < 4.78 is 1.33. The van der Waals surface area contributed by atoms with Crippen molar-refractivity contribution in [3.8, 4) is 5.82 Å². The summed E-state index contributed by atoms with van der Waals surface area (Å²) in [5.41, 5.74) is 1.72. The number of halogens is 1. The van der Waals surface area contributed by atoms with Crippen molar-refractivity contribution in [3.63, 3.8) is 0 Å². The van der Waals surface area contributed by atoms with Crippen LogP contribution in [0.3, 0.4) is 0 Å². The highest BCUT2D eigenvalue weighted by molar-refractivity contribution is 6.31. The van der Waals surface area contributed by atoms with E-state index in [1.165, 1.54) is 11.0 Å². The third-order valence-corrected chi connectivity index (χ3v) is 4.31. The molecule has 134 valence electrons. The zero-order chi connectivity index (χ0) is 18.8. The molecular formula is C17H12ClN7O2. The Bertz CT molecular complexity index is 1150. The lowest BCUT2D eigenvalue weighted by Gasteiger charge is -2.09. The van der Waals surface area contributed by atoms with Crippen molar-refractivity contribution in [1.82, 2.24) is 25.0 Å². The molecule has 0 radical (unpaired) electrons. The van der Waals surface area contributed by atoms with E-state index in [-0.39, 0.29) is 23.9 Å². The predicted octanol–water partition coefficient (Wildman–Crippen LogP) is 3.38. The van der Waals surface area contributed by atoms with Crippen LogP contribution in [0.25, 0.3) is 16.9 Å². The number of anilines is 1. The Morgan fingerprint density at radius 1 is 1.11 bits per heavy atom. The van der Waals surface area contributed by atoms with Gasteiger partial charge in [-0.25, -0.2) is 9.97 Å². The first-order valence-electron chi connectivity index (χ1n) is 7.92. The first kappa shape index (κ1) is 16.9. The summed E-state index contributed by atoms with van der Waals surface area (Å²) in [7, 11) is 0. The van der Waals surface area contributed by atoms with Gasteiger partial charge in [0.1, 0.15) is 11.8 Å². The van der Waals surface area contributed by atoms with Gasteiger partial charge >= 0.3 is 5.69 Å². The monoisotopic (exact) mass is 381 g/mol. The SMILES string of the molecule is O=[N+]([O-])c1c(NCc2ccccc2Cl)ncnc1-n1nnc2ccccc21. The zero-order valence-corrected chi connectivity index (χ0v) is 14.5. The maximum absolute atomic E-state index is 11.8. The Labute approximate surface area is 157 Å². The molecule has 2 aromatic carbocycles. The zero-order valence-electron chi connectivity index (χ0n) is 13.8. The third-order valence-electron chi connectivity index (χ3n) is 3.94. The van der Waals surface area contributed by atoms with E-state index in [0.29, 0.717) is 16.1 Å². The van der Waals surface area contributed by atoms with Gasteiger partial charge in [-0.05, 0) is 23.8 Å². The van der Waals surface area contributed by atoms with E-state index in [2.05, 4.69) is 25.6 Å². The summed E-state index contributed by atoms with van der Waals surface area (Å²) in [5.74, 6) is 0.106. The maximum Gasteiger partial charge on any atom is 0.355 e. The molecular weight excluding hydrogens is 370 g/mol. The molecule has 9 nitrogen and oxygen atoms in total. The summed E-state index contributed by atoms with van der Waals surface area (Å²) in [5, 5.41) is 23.3. The number of hydrogen-bond acceptors (Lipinski definition) is 7. The molecule has 0 atom stereocenters. The highest BCUT2D eigenvalue weighted by Crippen LogP contribution is 2.29. The molecule has 4 rings (SSSR count). The van der Waals surface area contributed by atoms with Gasteiger partial charge < -0.3 is 5.32 Å². The average molecular weight is 382 g/mol. The number of nitro groups is 1. The molecule has 0 aliphatic carbocycles. The van der Waals surface area contributed by atoms with Gasteiger partial charge in [-0.1, -0.05) is 47.1 Å². The fourth-order valence-electron chi connectivity index (χ4n) is 2.67. The van der Waals surface area contributed by atoms with E-state index in [1.807, 2.05) is 24.3 Å². The second-order valence-electron chi connectivity index (χ2n) is 5.59. The van der Waals surface area contributed by atoms with Gasteiger partial charge in [0.2, 0.25) is 11.6 Å². The van der Waals surface area contributed by atoms with Crippen molar-refractivity contribution < 1.29 is 4.92 Å². The Morgan fingerprint density at radius 2 is 1.89 bits per heavy atom. The minimum Gasteiger partial charge on any atom is -0.360 e. The van der Waals surface area contributed by atoms with Crippen molar-refractivity contribution in [2.75, 3.05) is 5.32 Å². The van der Waals surface area contributed by atoms with E-state index in [4.69, 9.17) is 11.6 Å². The van der Waals surface area contributed by atoms with E-state index in [1.54, 1.807) is 24.3 Å². The van der Waals surface area contributed by atoms with Crippen LogP contribution in [-0.2, 0) is 6.54 Å². The molecule has 1 N–H and O–H groups in total. The van der Waals surface area contributed by atoms with Crippen LogP contribution < -0.4 is 5.32 Å². The van der Waals surface area contributed by atoms with Crippen molar-refractivity contribution in [3.05, 3.63) is 75.6 Å². The topological polar surface area (TPSA) is 112 Å². The Balaban J connectivity index is 1.77. The number of hydrogen-bond donors (Lipinski definition) is 1. The van der Waals surface area contributed by atoms with Crippen LogP contribution >= 0.6 is 11.6 Å². The van der Waals surface area contributed by atoms with Crippen LogP contribution in [0.4, 0.5) is 11.5 Å². The number of fused-ring (bicyclic) bond motifs is 1. The molecule has 0 fully saturated rings. The lowest BCUT2D eigenvalue weighted by Crippen LogP contribution is -2.10. The molecule has 0 saturated heterocycles. The molecule has 0 unspecified atom stereocenters. The summed E-state index contributed by atoms with van der Waals surface area (Å²) in [6.07, 6.45) is 1.24. The Kier molecular flexibility index (Phi) is 4.35. The fraction of sp³-hybridized carbons (Fsp3) is 0.0588. The summed E-state index contributed by atoms with van der Waals surface area (Å²) in [6, 6.07) is 14.4. The molecule has 0 bridgehead atoms. The van der Waals surface area contributed by atoms with Crippen molar-refractivity contribution in [1.29, 1.82) is 0 Å². The third kappa shape index (κ3) is 3.15. The predicted molar refractivity (Wildman–Crippen MR) is 99.9 cm³/mol. The maximum atomic E-state index is 11.8. The number of aromatic nitrogens is 5. The number of nitrogens with one attached hydrogen (secondary N) is 1. The highest BCUT2D eigenvalue weighted by atomic mass is 35.5. The number of rotatable bonds is 5. The van der Waals surface area contributed by atoms with Gasteiger partial charge in [0, 0.05) is 11.6 Å². The molecule has 0 spiro atoms.